The third-order valence-corrected chi connectivity index (χ3v) is 6.34. The van der Waals surface area contributed by atoms with Gasteiger partial charge in [-0.05, 0) is 59.5 Å². The van der Waals surface area contributed by atoms with Crippen LogP contribution >= 0.6 is 11.9 Å². The molecule has 4 aromatic rings. The van der Waals surface area contributed by atoms with Crippen LogP contribution < -0.4 is 9.62 Å². The van der Waals surface area contributed by atoms with Gasteiger partial charge in [0.25, 0.3) is 0 Å². The van der Waals surface area contributed by atoms with Crippen molar-refractivity contribution in [3.63, 3.8) is 0 Å². The van der Waals surface area contributed by atoms with E-state index >= 15 is 0 Å². The quantitative estimate of drug-likeness (QED) is 0.449. The predicted molar refractivity (Wildman–Crippen MR) is 122 cm³/mol. The number of rotatable bonds is 5. The highest BCUT2D eigenvalue weighted by atomic mass is 32.2. The summed E-state index contributed by atoms with van der Waals surface area (Å²) in [5.41, 5.74) is 4.95. The van der Waals surface area contributed by atoms with Gasteiger partial charge in [-0.1, -0.05) is 18.2 Å². The molecule has 0 bridgehead atoms. The first-order valence-corrected chi connectivity index (χ1v) is 10.9. The number of pyridine rings is 3. The zero-order chi connectivity index (χ0) is 21.0. The molecule has 1 atom stereocenters. The van der Waals surface area contributed by atoms with E-state index in [4.69, 9.17) is 0 Å². The standard InChI is InChI=1S/C24H21N5OS/c30-24-22(16-29(17-5-3-10-25-13-17)18-6-4-11-26-14-18)19(9-12-27-24)21-15-28-31-23-8-2-1-7-20(21)23/h1-14,21,28H,15-16H2,(H,27,30). The molecule has 7 heteroatoms. The van der Waals surface area contributed by atoms with Gasteiger partial charge in [0.15, 0.2) is 0 Å². The number of aromatic hydroxyl groups is 1. The van der Waals surface area contributed by atoms with Gasteiger partial charge < -0.3 is 10.0 Å². The van der Waals surface area contributed by atoms with Crippen molar-refractivity contribution in [2.24, 2.45) is 0 Å². The fourth-order valence-corrected chi connectivity index (χ4v) is 4.83. The summed E-state index contributed by atoms with van der Waals surface area (Å²) in [5, 5.41) is 10.8. The Hall–Kier alpha value is -3.42. The van der Waals surface area contributed by atoms with Gasteiger partial charge in [0, 0.05) is 41.5 Å². The van der Waals surface area contributed by atoms with Crippen molar-refractivity contribution < 1.29 is 5.11 Å². The Morgan fingerprint density at radius 2 is 1.65 bits per heavy atom. The Bertz CT molecular complexity index is 1130. The molecule has 1 aliphatic rings. The molecular formula is C24H21N5OS. The summed E-state index contributed by atoms with van der Waals surface area (Å²) in [5.74, 6) is 0.164. The van der Waals surface area contributed by atoms with Crippen LogP contribution in [0.2, 0.25) is 0 Å². The first-order chi connectivity index (χ1) is 15.3. The molecule has 6 nitrogen and oxygen atoms in total. The lowest BCUT2D eigenvalue weighted by atomic mass is 9.88. The average Bonchev–Trinajstić information content (AvgIpc) is 2.84. The molecule has 0 fully saturated rings. The molecule has 31 heavy (non-hydrogen) atoms. The van der Waals surface area contributed by atoms with Gasteiger partial charge in [0.2, 0.25) is 5.88 Å². The highest BCUT2D eigenvalue weighted by molar-refractivity contribution is 7.97. The zero-order valence-electron chi connectivity index (χ0n) is 16.7. The van der Waals surface area contributed by atoms with Crippen molar-refractivity contribution in [3.05, 3.63) is 102 Å². The Kier molecular flexibility index (Phi) is 5.52. The molecule has 0 spiro atoms. The molecule has 0 radical (unpaired) electrons. The summed E-state index contributed by atoms with van der Waals surface area (Å²) in [7, 11) is 0. The minimum atomic E-state index is 0.0472. The number of benzene rings is 1. The SMILES string of the molecule is Oc1nccc(C2CNSc3ccccc32)c1CN(c1cccnc1)c1cccnc1. The molecule has 0 aliphatic carbocycles. The van der Waals surface area contributed by atoms with Crippen LogP contribution in [0.4, 0.5) is 11.4 Å². The van der Waals surface area contributed by atoms with Crippen LogP contribution in [-0.4, -0.2) is 26.6 Å². The van der Waals surface area contributed by atoms with Crippen LogP contribution in [-0.2, 0) is 6.54 Å². The number of anilines is 2. The number of nitrogens with zero attached hydrogens (tertiary/aromatic N) is 4. The smallest absolute Gasteiger partial charge is 0.216 e. The second-order valence-electron chi connectivity index (χ2n) is 7.25. The molecule has 154 valence electrons. The molecule has 0 amide bonds. The monoisotopic (exact) mass is 427 g/mol. The fourth-order valence-electron chi connectivity index (χ4n) is 3.95. The largest absolute Gasteiger partial charge is 0.493 e. The summed E-state index contributed by atoms with van der Waals surface area (Å²) in [4.78, 5) is 16.1. The van der Waals surface area contributed by atoms with Gasteiger partial charge in [0.05, 0.1) is 30.3 Å². The lowest BCUT2D eigenvalue weighted by Crippen LogP contribution is -2.25. The van der Waals surface area contributed by atoms with E-state index in [2.05, 4.69) is 42.8 Å². The lowest BCUT2D eigenvalue weighted by molar-refractivity contribution is 0.444. The topological polar surface area (TPSA) is 74.2 Å². The van der Waals surface area contributed by atoms with Crippen molar-refractivity contribution in [2.45, 2.75) is 17.4 Å². The minimum absolute atomic E-state index is 0.0472. The molecule has 0 saturated heterocycles. The Balaban J connectivity index is 1.60. The van der Waals surface area contributed by atoms with Crippen LogP contribution in [0.15, 0.2) is 90.5 Å². The maximum absolute atomic E-state index is 10.8. The Morgan fingerprint density at radius 1 is 0.903 bits per heavy atom. The second-order valence-corrected chi connectivity index (χ2v) is 8.18. The summed E-state index contributed by atoms with van der Waals surface area (Å²) < 4.78 is 3.43. The normalized spacial score (nSPS) is 15.3. The minimum Gasteiger partial charge on any atom is -0.493 e. The molecule has 1 aliphatic heterocycles. The number of fused-ring (bicyclic) bond motifs is 1. The first kappa shape index (κ1) is 19.5. The molecular weight excluding hydrogens is 406 g/mol. The van der Waals surface area contributed by atoms with E-state index in [1.807, 2.05) is 48.8 Å². The number of hydrogen-bond donors (Lipinski definition) is 2. The molecule has 1 unspecified atom stereocenters. The summed E-state index contributed by atoms with van der Waals surface area (Å²) in [6.45, 7) is 1.22. The van der Waals surface area contributed by atoms with Crippen molar-refractivity contribution in [1.82, 2.24) is 19.7 Å². The van der Waals surface area contributed by atoms with E-state index in [9.17, 15) is 5.11 Å². The Morgan fingerprint density at radius 3 is 2.35 bits per heavy atom. The van der Waals surface area contributed by atoms with E-state index in [1.54, 1.807) is 30.5 Å². The number of hydrogen-bond acceptors (Lipinski definition) is 7. The van der Waals surface area contributed by atoms with Crippen LogP contribution in [0, 0.1) is 0 Å². The van der Waals surface area contributed by atoms with E-state index in [-0.39, 0.29) is 11.8 Å². The van der Waals surface area contributed by atoms with Crippen LogP contribution in [0.1, 0.15) is 22.6 Å². The number of nitrogens with one attached hydrogen (secondary N) is 1. The predicted octanol–water partition coefficient (Wildman–Crippen LogP) is 4.66. The van der Waals surface area contributed by atoms with Gasteiger partial charge in [-0.3, -0.25) is 14.7 Å². The fraction of sp³-hybridized carbons (Fsp3) is 0.125. The van der Waals surface area contributed by atoms with Crippen molar-refractivity contribution in [2.75, 3.05) is 11.4 Å². The van der Waals surface area contributed by atoms with Crippen molar-refractivity contribution >= 4 is 23.3 Å². The van der Waals surface area contributed by atoms with Crippen molar-refractivity contribution in [1.29, 1.82) is 0 Å². The molecule has 2 N–H and O–H groups in total. The van der Waals surface area contributed by atoms with Crippen LogP contribution in [0.3, 0.4) is 0 Å². The van der Waals surface area contributed by atoms with Gasteiger partial charge >= 0.3 is 0 Å². The Labute approximate surface area is 185 Å². The molecule has 4 heterocycles. The summed E-state index contributed by atoms with van der Waals surface area (Å²) in [6, 6.07) is 18.2. The number of aromatic nitrogens is 3. The van der Waals surface area contributed by atoms with Gasteiger partial charge in [0.1, 0.15) is 0 Å². The molecule has 0 saturated carbocycles. The van der Waals surface area contributed by atoms with Gasteiger partial charge in [-0.15, -0.1) is 0 Å². The summed E-state index contributed by atoms with van der Waals surface area (Å²) in [6.07, 6.45) is 8.81. The van der Waals surface area contributed by atoms with E-state index in [0.29, 0.717) is 6.54 Å². The lowest BCUT2D eigenvalue weighted by Gasteiger charge is -2.30. The second kappa shape index (κ2) is 8.75. The maximum atomic E-state index is 10.8. The van der Waals surface area contributed by atoms with Gasteiger partial charge in [-0.25, -0.2) is 4.98 Å². The van der Waals surface area contributed by atoms with E-state index in [1.165, 1.54) is 10.5 Å². The van der Waals surface area contributed by atoms with Crippen LogP contribution in [0.5, 0.6) is 5.88 Å². The van der Waals surface area contributed by atoms with Crippen molar-refractivity contribution in [3.8, 4) is 5.88 Å². The van der Waals surface area contributed by atoms with Gasteiger partial charge in [-0.2, -0.15) is 0 Å². The molecule has 1 aromatic carbocycles. The van der Waals surface area contributed by atoms with E-state index in [0.717, 1.165) is 29.0 Å². The zero-order valence-corrected chi connectivity index (χ0v) is 17.5. The average molecular weight is 428 g/mol. The third-order valence-electron chi connectivity index (χ3n) is 5.44. The van der Waals surface area contributed by atoms with Crippen LogP contribution in [0.25, 0.3) is 0 Å². The van der Waals surface area contributed by atoms with E-state index < -0.39 is 0 Å². The molecule has 5 rings (SSSR count). The highest BCUT2D eigenvalue weighted by Crippen LogP contribution is 2.39. The third kappa shape index (κ3) is 3.97. The molecule has 3 aromatic heterocycles. The maximum Gasteiger partial charge on any atom is 0.216 e. The summed E-state index contributed by atoms with van der Waals surface area (Å²) >= 11 is 1.65. The highest BCUT2D eigenvalue weighted by Gasteiger charge is 2.27. The first-order valence-electron chi connectivity index (χ1n) is 10.0.